The summed E-state index contributed by atoms with van der Waals surface area (Å²) in [6.07, 6.45) is 2.31. The van der Waals surface area contributed by atoms with Gasteiger partial charge in [0.05, 0.1) is 11.4 Å². The molecule has 0 saturated heterocycles. The molecule has 0 radical (unpaired) electrons. The lowest BCUT2D eigenvalue weighted by molar-refractivity contribution is 0.0963. The molecule has 0 aliphatic carbocycles. The summed E-state index contributed by atoms with van der Waals surface area (Å²) in [7, 11) is 1.61. The van der Waals surface area contributed by atoms with Crippen molar-refractivity contribution >= 4 is 17.3 Å². The van der Waals surface area contributed by atoms with Crippen LogP contribution >= 0.6 is 0 Å². The van der Waals surface area contributed by atoms with Crippen molar-refractivity contribution < 1.29 is 4.79 Å². The quantitative estimate of drug-likeness (QED) is 0.678. The van der Waals surface area contributed by atoms with E-state index in [1.54, 1.807) is 19.2 Å². The van der Waals surface area contributed by atoms with Gasteiger partial charge < -0.3 is 16.4 Å². The van der Waals surface area contributed by atoms with Gasteiger partial charge in [-0.3, -0.25) is 4.79 Å². The zero-order valence-corrected chi connectivity index (χ0v) is 11.4. The summed E-state index contributed by atoms with van der Waals surface area (Å²) in [6, 6.07) is 5.35. The number of rotatable bonds is 6. The maximum atomic E-state index is 11.4. The summed E-state index contributed by atoms with van der Waals surface area (Å²) in [5.74, 6) is 0.538. The van der Waals surface area contributed by atoms with Crippen LogP contribution in [-0.2, 0) is 0 Å². The van der Waals surface area contributed by atoms with Crippen LogP contribution in [0, 0.1) is 5.92 Å². The predicted molar refractivity (Wildman–Crippen MR) is 76.8 cm³/mol. The lowest BCUT2D eigenvalue weighted by atomic mass is 10.0. The maximum absolute atomic E-state index is 11.4. The number of hydrogen-bond acceptors (Lipinski definition) is 3. The summed E-state index contributed by atoms with van der Waals surface area (Å²) < 4.78 is 0. The normalized spacial score (nSPS) is 10.4. The highest BCUT2D eigenvalue weighted by molar-refractivity contribution is 5.95. The van der Waals surface area contributed by atoms with Gasteiger partial charge in [0.1, 0.15) is 0 Å². The molecular weight excluding hydrogens is 226 g/mol. The molecule has 0 aromatic heterocycles. The molecule has 0 aliphatic rings. The first-order chi connectivity index (χ1) is 8.62. The molecule has 0 spiro atoms. The first kappa shape index (κ1) is 14.4. The van der Waals surface area contributed by atoms with Crippen molar-refractivity contribution in [1.82, 2.24) is 5.32 Å². The molecule has 0 bridgehead atoms. The van der Waals surface area contributed by atoms with Crippen LogP contribution < -0.4 is 16.4 Å². The van der Waals surface area contributed by atoms with Gasteiger partial charge in [-0.05, 0) is 24.1 Å². The van der Waals surface area contributed by atoms with E-state index < -0.39 is 0 Å². The topological polar surface area (TPSA) is 67.2 Å². The largest absolute Gasteiger partial charge is 0.397 e. The van der Waals surface area contributed by atoms with Crippen molar-refractivity contribution in [2.24, 2.45) is 5.92 Å². The zero-order chi connectivity index (χ0) is 13.5. The summed E-state index contributed by atoms with van der Waals surface area (Å²) in [5.41, 5.74) is 8.04. The number of nitrogens with one attached hydrogen (secondary N) is 2. The van der Waals surface area contributed by atoms with Crippen molar-refractivity contribution in [2.45, 2.75) is 26.7 Å². The zero-order valence-electron chi connectivity index (χ0n) is 11.4. The van der Waals surface area contributed by atoms with Crippen LogP contribution in [0.2, 0.25) is 0 Å². The average molecular weight is 249 g/mol. The Morgan fingerprint density at radius 3 is 2.50 bits per heavy atom. The fourth-order valence-corrected chi connectivity index (χ4v) is 1.84. The SMILES string of the molecule is CCC(CC)CNc1ccc(C(=O)NC)cc1N. The minimum atomic E-state index is -0.117. The summed E-state index contributed by atoms with van der Waals surface area (Å²) in [4.78, 5) is 11.4. The van der Waals surface area contributed by atoms with Gasteiger partial charge in [-0.15, -0.1) is 0 Å². The molecule has 100 valence electrons. The second-order valence-corrected chi connectivity index (χ2v) is 4.44. The second kappa shape index (κ2) is 6.89. The van der Waals surface area contributed by atoms with E-state index in [1.165, 1.54) is 0 Å². The molecule has 0 heterocycles. The number of amides is 1. The van der Waals surface area contributed by atoms with Gasteiger partial charge in [-0.25, -0.2) is 0 Å². The van der Waals surface area contributed by atoms with E-state index in [0.29, 0.717) is 17.2 Å². The fourth-order valence-electron chi connectivity index (χ4n) is 1.84. The lowest BCUT2D eigenvalue weighted by Gasteiger charge is -2.16. The first-order valence-electron chi connectivity index (χ1n) is 6.47. The van der Waals surface area contributed by atoms with Crippen LogP contribution in [0.3, 0.4) is 0 Å². The second-order valence-electron chi connectivity index (χ2n) is 4.44. The lowest BCUT2D eigenvalue weighted by Crippen LogP contribution is -2.18. The predicted octanol–water partition coefficient (Wildman–Crippen LogP) is 2.48. The Morgan fingerprint density at radius 2 is 2.00 bits per heavy atom. The van der Waals surface area contributed by atoms with E-state index in [4.69, 9.17) is 5.73 Å². The number of carbonyl (C=O) groups excluding carboxylic acids is 1. The molecule has 4 nitrogen and oxygen atoms in total. The smallest absolute Gasteiger partial charge is 0.251 e. The number of carbonyl (C=O) groups is 1. The number of anilines is 2. The molecule has 1 aromatic rings. The third kappa shape index (κ3) is 3.65. The van der Waals surface area contributed by atoms with Crippen molar-refractivity contribution in [3.63, 3.8) is 0 Å². The van der Waals surface area contributed by atoms with Gasteiger partial charge in [-0.1, -0.05) is 26.7 Å². The van der Waals surface area contributed by atoms with E-state index in [1.807, 2.05) is 6.07 Å². The Labute approximate surface area is 109 Å². The van der Waals surface area contributed by atoms with Crippen molar-refractivity contribution in [3.05, 3.63) is 23.8 Å². The average Bonchev–Trinajstić information content (AvgIpc) is 2.40. The van der Waals surface area contributed by atoms with Crippen LogP contribution in [0.25, 0.3) is 0 Å². The molecule has 0 fully saturated rings. The molecule has 4 N–H and O–H groups in total. The van der Waals surface area contributed by atoms with Crippen molar-refractivity contribution in [3.8, 4) is 0 Å². The number of hydrogen-bond donors (Lipinski definition) is 3. The third-order valence-corrected chi connectivity index (χ3v) is 3.28. The number of nitrogen functional groups attached to an aromatic ring is 1. The molecule has 0 aliphatic heterocycles. The summed E-state index contributed by atoms with van der Waals surface area (Å²) in [5, 5.41) is 5.92. The van der Waals surface area contributed by atoms with Gasteiger partial charge >= 0.3 is 0 Å². The van der Waals surface area contributed by atoms with E-state index in [0.717, 1.165) is 25.1 Å². The van der Waals surface area contributed by atoms with Gasteiger partial charge in [0.25, 0.3) is 5.91 Å². The molecule has 1 rings (SSSR count). The Balaban J connectivity index is 2.71. The monoisotopic (exact) mass is 249 g/mol. The molecule has 18 heavy (non-hydrogen) atoms. The molecular formula is C14H23N3O. The Bertz CT molecular complexity index is 400. The summed E-state index contributed by atoms with van der Waals surface area (Å²) in [6.45, 7) is 5.29. The van der Waals surface area contributed by atoms with Crippen molar-refractivity contribution in [1.29, 1.82) is 0 Å². The molecule has 4 heteroatoms. The third-order valence-electron chi connectivity index (χ3n) is 3.28. The maximum Gasteiger partial charge on any atom is 0.251 e. The minimum Gasteiger partial charge on any atom is -0.397 e. The standard InChI is InChI=1S/C14H23N3O/c1-4-10(5-2)9-17-13-7-6-11(8-12(13)15)14(18)16-3/h6-8,10,17H,4-5,9,15H2,1-3H3,(H,16,18). The molecule has 0 atom stereocenters. The Kier molecular flexibility index (Phi) is 5.49. The van der Waals surface area contributed by atoms with E-state index in [-0.39, 0.29) is 5.91 Å². The first-order valence-corrected chi connectivity index (χ1v) is 6.47. The van der Waals surface area contributed by atoms with Crippen LogP contribution in [-0.4, -0.2) is 19.5 Å². The van der Waals surface area contributed by atoms with Gasteiger partial charge in [-0.2, -0.15) is 0 Å². The Morgan fingerprint density at radius 1 is 1.33 bits per heavy atom. The van der Waals surface area contributed by atoms with Crippen LogP contribution in [0.5, 0.6) is 0 Å². The van der Waals surface area contributed by atoms with E-state index in [2.05, 4.69) is 24.5 Å². The summed E-state index contributed by atoms with van der Waals surface area (Å²) >= 11 is 0. The highest BCUT2D eigenvalue weighted by Crippen LogP contribution is 2.21. The van der Waals surface area contributed by atoms with Gasteiger partial charge in [0.2, 0.25) is 0 Å². The van der Waals surface area contributed by atoms with Crippen LogP contribution in [0.15, 0.2) is 18.2 Å². The Hall–Kier alpha value is -1.71. The van der Waals surface area contributed by atoms with Gasteiger partial charge in [0, 0.05) is 19.2 Å². The highest BCUT2D eigenvalue weighted by atomic mass is 16.1. The van der Waals surface area contributed by atoms with E-state index >= 15 is 0 Å². The van der Waals surface area contributed by atoms with E-state index in [9.17, 15) is 4.79 Å². The number of nitrogens with two attached hydrogens (primary N) is 1. The number of benzene rings is 1. The van der Waals surface area contributed by atoms with Crippen molar-refractivity contribution in [2.75, 3.05) is 24.6 Å². The van der Waals surface area contributed by atoms with Crippen LogP contribution in [0.4, 0.5) is 11.4 Å². The fraction of sp³-hybridized carbons (Fsp3) is 0.500. The highest BCUT2D eigenvalue weighted by Gasteiger charge is 2.08. The van der Waals surface area contributed by atoms with Crippen LogP contribution in [0.1, 0.15) is 37.0 Å². The minimum absolute atomic E-state index is 0.117. The van der Waals surface area contributed by atoms with Gasteiger partial charge in [0.15, 0.2) is 0 Å². The molecule has 1 aromatic carbocycles. The molecule has 0 saturated carbocycles. The molecule has 1 amide bonds. The molecule has 0 unspecified atom stereocenters.